The molecule has 0 spiro atoms. The summed E-state index contributed by atoms with van der Waals surface area (Å²) in [7, 11) is 0. The van der Waals surface area contributed by atoms with Crippen LogP contribution < -0.4 is 0 Å². The second-order valence-electron chi connectivity index (χ2n) is 3.92. The molecule has 6 nitrogen and oxygen atoms in total. The molecule has 1 aliphatic rings. The Morgan fingerprint density at radius 3 is 2.20 bits per heavy atom. The molecular weight excluding hydrogens is 204 g/mol. The van der Waals surface area contributed by atoms with Crippen molar-refractivity contribution in [3.63, 3.8) is 0 Å². The summed E-state index contributed by atoms with van der Waals surface area (Å²) in [5.74, 6) is 0. The maximum atomic E-state index is 9.51. The minimum Gasteiger partial charge on any atom is -0.387 e. The van der Waals surface area contributed by atoms with Crippen molar-refractivity contribution in [2.24, 2.45) is 0 Å². The molecule has 0 aromatic heterocycles. The molecule has 5 atom stereocenters. The number of ether oxygens (including phenoxy) is 2. The predicted octanol–water partition coefficient (Wildman–Crippen LogP) is -1.79. The number of hydrogen-bond donors (Lipinski definition) is 4. The van der Waals surface area contributed by atoms with Crippen LogP contribution in [0.4, 0.5) is 0 Å². The van der Waals surface area contributed by atoms with Gasteiger partial charge in [0.15, 0.2) is 6.29 Å². The maximum absolute atomic E-state index is 9.51. The van der Waals surface area contributed by atoms with Crippen LogP contribution in [0.25, 0.3) is 0 Å². The van der Waals surface area contributed by atoms with E-state index < -0.39 is 30.7 Å². The molecule has 90 valence electrons. The Balaban J connectivity index is 2.51. The molecular formula is C9H18O6. The van der Waals surface area contributed by atoms with E-state index in [9.17, 15) is 20.4 Å². The lowest BCUT2D eigenvalue weighted by molar-refractivity contribution is -0.289. The Kier molecular flexibility index (Phi) is 4.45. The molecule has 0 amide bonds. The van der Waals surface area contributed by atoms with E-state index >= 15 is 0 Å². The molecule has 1 rings (SSSR count). The zero-order valence-electron chi connectivity index (χ0n) is 8.78. The van der Waals surface area contributed by atoms with E-state index in [4.69, 9.17) is 9.47 Å². The van der Waals surface area contributed by atoms with Gasteiger partial charge in [0.1, 0.15) is 24.4 Å². The van der Waals surface area contributed by atoms with E-state index in [0.717, 1.165) is 0 Å². The first kappa shape index (κ1) is 12.8. The molecule has 0 radical (unpaired) electrons. The van der Waals surface area contributed by atoms with Crippen LogP contribution in [0.5, 0.6) is 0 Å². The second-order valence-corrected chi connectivity index (χ2v) is 3.92. The lowest BCUT2D eigenvalue weighted by Gasteiger charge is -2.38. The van der Waals surface area contributed by atoms with E-state index in [-0.39, 0.29) is 12.7 Å². The van der Waals surface area contributed by atoms with Gasteiger partial charge in [-0.25, -0.2) is 0 Å². The van der Waals surface area contributed by atoms with E-state index in [1.165, 1.54) is 0 Å². The van der Waals surface area contributed by atoms with Gasteiger partial charge in [-0.1, -0.05) is 0 Å². The van der Waals surface area contributed by atoms with Gasteiger partial charge in [-0.15, -0.1) is 0 Å². The monoisotopic (exact) mass is 222 g/mol. The summed E-state index contributed by atoms with van der Waals surface area (Å²) >= 11 is 0. The van der Waals surface area contributed by atoms with Crippen LogP contribution in [0.2, 0.25) is 0 Å². The summed E-state index contributed by atoms with van der Waals surface area (Å²) in [4.78, 5) is 0. The lowest BCUT2D eigenvalue weighted by atomic mass is 9.99. The highest BCUT2D eigenvalue weighted by Gasteiger charge is 2.42. The highest BCUT2D eigenvalue weighted by molar-refractivity contribution is 4.88. The van der Waals surface area contributed by atoms with Crippen molar-refractivity contribution in [3.05, 3.63) is 0 Å². The maximum Gasteiger partial charge on any atom is 0.184 e. The molecule has 0 aromatic carbocycles. The van der Waals surface area contributed by atoms with Crippen molar-refractivity contribution in [1.29, 1.82) is 0 Å². The van der Waals surface area contributed by atoms with Crippen molar-refractivity contribution >= 4 is 0 Å². The van der Waals surface area contributed by atoms with Gasteiger partial charge in [0.2, 0.25) is 0 Å². The normalized spacial score (nSPS) is 42.2. The van der Waals surface area contributed by atoms with Gasteiger partial charge in [0, 0.05) is 0 Å². The van der Waals surface area contributed by atoms with E-state index in [1.54, 1.807) is 0 Å². The van der Waals surface area contributed by atoms with Crippen LogP contribution in [0.3, 0.4) is 0 Å². The second kappa shape index (κ2) is 5.20. The fraction of sp³-hybridized carbons (Fsp3) is 1.00. The molecule has 1 fully saturated rings. The zero-order valence-corrected chi connectivity index (χ0v) is 8.78. The highest BCUT2D eigenvalue weighted by Crippen LogP contribution is 2.20. The molecule has 15 heavy (non-hydrogen) atoms. The molecule has 1 aliphatic heterocycles. The van der Waals surface area contributed by atoms with Gasteiger partial charge in [0.25, 0.3) is 0 Å². The third kappa shape index (κ3) is 3.10. The van der Waals surface area contributed by atoms with Gasteiger partial charge in [-0.05, 0) is 13.8 Å². The molecule has 1 saturated heterocycles. The van der Waals surface area contributed by atoms with Gasteiger partial charge in [0.05, 0.1) is 12.7 Å². The largest absolute Gasteiger partial charge is 0.387 e. The summed E-state index contributed by atoms with van der Waals surface area (Å²) in [6.45, 7) is 3.69. The first-order chi connectivity index (χ1) is 6.93. The van der Waals surface area contributed by atoms with Crippen molar-refractivity contribution < 1.29 is 29.9 Å². The fourth-order valence-electron chi connectivity index (χ4n) is 1.36. The average molecular weight is 222 g/mol. The summed E-state index contributed by atoms with van der Waals surface area (Å²) < 4.78 is 10.1. The van der Waals surface area contributed by atoms with Crippen LogP contribution in [0.15, 0.2) is 0 Å². The smallest absolute Gasteiger partial charge is 0.184 e. The molecule has 0 aliphatic carbocycles. The topological polar surface area (TPSA) is 99.4 Å². The average Bonchev–Trinajstić information content (AvgIpc) is 2.18. The number of hydrogen-bond acceptors (Lipinski definition) is 6. The van der Waals surface area contributed by atoms with Crippen LogP contribution in [-0.4, -0.2) is 63.8 Å². The summed E-state index contributed by atoms with van der Waals surface area (Å²) in [5.41, 5.74) is 0. The van der Waals surface area contributed by atoms with Crippen LogP contribution in [0, 0.1) is 0 Å². The van der Waals surface area contributed by atoms with Crippen molar-refractivity contribution in [2.75, 3.05) is 6.61 Å². The minimum absolute atomic E-state index is 0.0399. The minimum atomic E-state index is -1.50. The van der Waals surface area contributed by atoms with Crippen LogP contribution >= 0.6 is 0 Å². The van der Waals surface area contributed by atoms with Crippen molar-refractivity contribution in [3.8, 4) is 0 Å². The van der Waals surface area contributed by atoms with E-state index in [2.05, 4.69) is 0 Å². The quantitative estimate of drug-likeness (QED) is 0.450. The van der Waals surface area contributed by atoms with E-state index in [0.29, 0.717) is 0 Å². The van der Waals surface area contributed by atoms with Gasteiger partial charge >= 0.3 is 0 Å². The first-order valence-electron chi connectivity index (χ1n) is 4.92. The molecule has 1 heterocycles. The number of aliphatic hydroxyl groups excluding tert-OH is 4. The molecule has 0 saturated carbocycles. The van der Waals surface area contributed by atoms with Gasteiger partial charge in [-0.2, -0.15) is 0 Å². The molecule has 6 heteroatoms. The molecule has 0 bridgehead atoms. The SMILES string of the molecule is CC(C)OC[C@H]1OC(O)[C@H](O)[C@@H](O)[C@H]1O. The highest BCUT2D eigenvalue weighted by atomic mass is 16.6. The van der Waals surface area contributed by atoms with Crippen molar-refractivity contribution in [1.82, 2.24) is 0 Å². The molecule has 4 N–H and O–H groups in total. The summed E-state index contributed by atoms with van der Waals surface area (Å²) in [5, 5.41) is 37.3. The Labute approximate surface area is 88.1 Å². The van der Waals surface area contributed by atoms with Gasteiger partial charge < -0.3 is 29.9 Å². The Hall–Kier alpha value is -0.240. The fourth-order valence-corrected chi connectivity index (χ4v) is 1.36. The third-order valence-electron chi connectivity index (χ3n) is 2.28. The lowest BCUT2D eigenvalue weighted by Crippen LogP contribution is -2.58. The molecule has 0 aromatic rings. The Morgan fingerprint density at radius 1 is 1.07 bits per heavy atom. The number of rotatable bonds is 3. The summed E-state index contributed by atoms with van der Waals surface area (Å²) in [6.07, 6.45) is -6.54. The van der Waals surface area contributed by atoms with Crippen molar-refractivity contribution in [2.45, 2.75) is 50.7 Å². The predicted molar refractivity (Wildman–Crippen MR) is 50.0 cm³/mol. The van der Waals surface area contributed by atoms with E-state index in [1.807, 2.05) is 13.8 Å². The Bertz CT molecular complexity index is 197. The standard InChI is InChI=1S/C9H18O6/c1-4(2)14-3-5-6(10)7(11)8(12)9(13)15-5/h4-13H,3H2,1-2H3/t5-,6+,7+,8-,9?/m1/s1. The zero-order chi connectivity index (χ0) is 11.6. The third-order valence-corrected chi connectivity index (χ3v) is 2.28. The van der Waals surface area contributed by atoms with Gasteiger partial charge in [-0.3, -0.25) is 0 Å². The first-order valence-corrected chi connectivity index (χ1v) is 4.92. The van der Waals surface area contributed by atoms with Crippen LogP contribution in [0.1, 0.15) is 13.8 Å². The number of aliphatic hydroxyl groups is 4. The van der Waals surface area contributed by atoms with Crippen LogP contribution in [-0.2, 0) is 9.47 Å². The molecule has 1 unspecified atom stereocenters. The summed E-state index contributed by atoms with van der Waals surface area (Å²) in [6, 6.07) is 0. The Morgan fingerprint density at radius 2 is 1.67 bits per heavy atom.